The van der Waals surface area contributed by atoms with Crippen molar-refractivity contribution in [1.82, 2.24) is 33.8 Å². The number of hydrogen-bond donors (Lipinski definition) is 0. The summed E-state index contributed by atoms with van der Waals surface area (Å²) in [6.45, 7) is 4.43. The topological polar surface area (TPSA) is 106 Å². The fraction of sp³-hybridized carbons (Fsp3) is 0.531. The van der Waals surface area contributed by atoms with Gasteiger partial charge in [-0.1, -0.05) is 18.6 Å². The van der Waals surface area contributed by atoms with E-state index in [-0.39, 0.29) is 17.7 Å². The van der Waals surface area contributed by atoms with E-state index in [1.54, 1.807) is 23.3 Å². The molecule has 4 heterocycles. The minimum Gasteiger partial charge on any atom is -0.492 e. The average Bonchev–Trinajstić information content (AvgIpc) is 3.61. The average molecular weight is 590 g/mol. The molecule has 0 atom stereocenters. The molecule has 3 aromatic rings. The molecule has 2 aromatic heterocycles. The molecule has 0 radical (unpaired) electrons. The molecule has 11 heteroatoms. The molecule has 2 bridgehead atoms. The molecule has 0 unspecified atom stereocenters. The molecule has 0 saturated carbocycles. The van der Waals surface area contributed by atoms with Crippen LogP contribution in [0.3, 0.4) is 0 Å². The van der Waals surface area contributed by atoms with E-state index in [0.717, 1.165) is 62.2 Å². The van der Waals surface area contributed by atoms with Crippen LogP contribution in [0.15, 0.2) is 49.2 Å². The first kappa shape index (κ1) is 30.3. The Kier molecular flexibility index (Phi) is 10.5. The van der Waals surface area contributed by atoms with E-state index in [4.69, 9.17) is 4.74 Å². The summed E-state index contributed by atoms with van der Waals surface area (Å²) in [5, 5.41) is 0. The number of nitrogens with zero attached hydrogens (tertiary/aromatic N) is 7. The molecule has 2 aliphatic heterocycles. The summed E-state index contributed by atoms with van der Waals surface area (Å²) >= 11 is 0. The Hall–Kier alpha value is -4.15. The third kappa shape index (κ3) is 8.24. The largest absolute Gasteiger partial charge is 0.492 e. The maximum Gasteiger partial charge on any atom is 0.274 e. The van der Waals surface area contributed by atoms with Gasteiger partial charge in [-0.25, -0.2) is 9.97 Å². The Bertz CT molecular complexity index is 1380. The molecule has 1 saturated heterocycles. The summed E-state index contributed by atoms with van der Waals surface area (Å²) < 4.78 is 10.0. The van der Waals surface area contributed by atoms with Gasteiger partial charge in [0.1, 0.15) is 23.9 Å². The number of amides is 3. The molecule has 1 aromatic carbocycles. The lowest BCUT2D eigenvalue weighted by Gasteiger charge is -2.26. The summed E-state index contributed by atoms with van der Waals surface area (Å²) in [4.78, 5) is 53.7. The Morgan fingerprint density at radius 2 is 1.72 bits per heavy atom. The Morgan fingerprint density at radius 3 is 2.56 bits per heavy atom. The van der Waals surface area contributed by atoms with Gasteiger partial charge in [-0.05, 0) is 44.2 Å². The first-order valence-electron chi connectivity index (χ1n) is 15.5. The number of carbonyl (C=O) groups is 3. The number of imidazole rings is 2. The van der Waals surface area contributed by atoms with Crippen LogP contribution in [0.2, 0.25) is 0 Å². The number of aryl methyl sites for hydroxylation is 2. The van der Waals surface area contributed by atoms with E-state index in [2.05, 4.69) is 14.5 Å². The zero-order chi connectivity index (χ0) is 30.0. The number of fused-ring (bicyclic) bond motifs is 4. The lowest BCUT2D eigenvalue weighted by molar-refractivity contribution is -0.134. The van der Waals surface area contributed by atoms with Crippen LogP contribution in [0.1, 0.15) is 61.9 Å². The minimum atomic E-state index is -0.0829. The highest BCUT2D eigenvalue weighted by atomic mass is 16.5. The first-order valence-corrected chi connectivity index (χ1v) is 15.5. The summed E-state index contributed by atoms with van der Waals surface area (Å²) in [5.41, 5.74) is 1.38. The highest BCUT2D eigenvalue weighted by Gasteiger charge is 2.22. The van der Waals surface area contributed by atoms with Gasteiger partial charge in [0.2, 0.25) is 11.8 Å². The van der Waals surface area contributed by atoms with Crippen molar-refractivity contribution in [3.63, 3.8) is 0 Å². The SMILES string of the molecule is Cn1cnc(C(=O)N2CCCCN(C(=O)CCN3CCCCCC3=O)CCOc3cccc(c3)-c3nccn3CCC2)c1. The molecule has 230 valence electrons. The molecule has 5 rings (SSSR count). The van der Waals surface area contributed by atoms with Crippen LogP contribution in [0.25, 0.3) is 11.4 Å². The second-order valence-corrected chi connectivity index (χ2v) is 11.4. The van der Waals surface area contributed by atoms with E-state index < -0.39 is 0 Å². The predicted octanol–water partition coefficient (Wildman–Crippen LogP) is 3.61. The zero-order valence-corrected chi connectivity index (χ0v) is 25.2. The quantitative estimate of drug-likeness (QED) is 0.461. The number of ether oxygens (including phenoxy) is 1. The van der Waals surface area contributed by atoms with Gasteiger partial charge in [-0.15, -0.1) is 0 Å². The Morgan fingerprint density at radius 1 is 0.907 bits per heavy atom. The number of hydrogen-bond acceptors (Lipinski definition) is 6. The molecule has 0 spiro atoms. The van der Waals surface area contributed by atoms with E-state index in [0.29, 0.717) is 64.4 Å². The standard InChI is InChI=1S/C32H43N7O4/c1-35-24-28(34-25-35)32(42)39-16-6-5-15-37(30(41)12-19-36-14-4-2-3-11-29(36)40)21-22-43-27-10-7-9-26(23-27)31-33-13-20-38(31)17-8-18-39/h7,9-10,13,20,23-25H,2-6,8,11-12,14-19,21-22H2,1H3. The number of benzene rings is 1. The van der Waals surface area contributed by atoms with Crippen LogP contribution in [-0.2, 0) is 23.2 Å². The van der Waals surface area contributed by atoms with Gasteiger partial charge < -0.3 is 28.6 Å². The van der Waals surface area contributed by atoms with Crippen molar-refractivity contribution in [2.45, 2.75) is 57.9 Å². The third-order valence-electron chi connectivity index (χ3n) is 8.20. The van der Waals surface area contributed by atoms with Crippen LogP contribution in [-0.4, -0.2) is 97.4 Å². The van der Waals surface area contributed by atoms with Crippen molar-refractivity contribution >= 4 is 17.7 Å². The Labute approximate surface area is 253 Å². The number of carbonyl (C=O) groups excluding carboxylic acids is 3. The molecule has 3 amide bonds. The molecule has 0 N–H and O–H groups in total. The summed E-state index contributed by atoms with van der Waals surface area (Å²) in [6.07, 6.45) is 13.3. The summed E-state index contributed by atoms with van der Waals surface area (Å²) in [6, 6.07) is 7.86. The first-order chi connectivity index (χ1) is 21.0. The van der Waals surface area contributed by atoms with Gasteiger partial charge in [0.05, 0.1) is 12.9 Å². The van der Waals surface area contributed by atoms with Gasteiger partial charge in [0.15, 0.2) is 0 Å². The van der Waals surface area contributed by atoms with Crippen molar-refractivity contribution in [1.29, 1.82) is 0 Å². The fourth-order valence-electron chi connectivity index (χ4n) is 5.81. The molecule has 11 nitrogen and oxygen atoms in total. The van der Waals surface area contributed by atoms with E-state index in [9.17, 15) is 14.4 Å². The minimum absolute atomic E-state index is 0.0239. The number of likely N-dealkylation sites (tertiary alicyclic amines) is 1. The van der Waals surface area contributed by atoms with Crippen LogP contribution >= 0.6 is 0 Å². The lowest BCUT2D eigenvalue weighted by atomic mass is 10.2. The Balaban J connectivity index is 1.30. The summed E-state index contributed by atoms with van der Waals surface area (Å²) in [7, 11) is 1.86. The van der Waals surface area contributed by atoms with E-state index >= 15 is 0 Å². The van der Waals surface area contributed by atoms with E-state index in [1.165, 1.54) is 0 Å². The molecule has 43 heavy (non-hydrogen) atoms. The van der Waals surface area contributed by atoms with Crippen molar-refractivity contribution in [3.8, 4) is 17.1 Å². The predicted molar refractivity (Wildman–Crippen MR) is 162 cm³/mol. The van der Waals surface area contributed by atoms with Crippen LogP contribution < -0.4 is 4.74 Å². The molecule has 0 aliphatic carbocycles. The molecular weight excluding hydrogens is 546 g/mol. The van der Waals surface area contributed by atoms with Gasteiger partial charge in [-0.2, -0.15) is 0 Å². The van der Waals surface area contributed by atoms with Crippen molar-refractivity contribution in [2.24, 2.45) is 7.05 Å². The zero-order valence-electron chi connectivity index (χ0n) is 25.2. The number of rotatable bonds is 4. The van der Waals surface area contributed by atoms with Gasteiger partial charge >= 0.3 is 0 Å². The monoisotopic (exact) mass is 589 g/mol. The smallest absolute Gasteiger partial charge is 0.274 e. The van der Waals surface area contributed by atoms with Crippen LogP contribution in [0, 0.1) is 0 Å². The molecular formula is C32H43N7O4. The normalized spacial score (nSPS) is 17.5. The molecule has 1 fully saturated rings. The van der Waals surface area contributed by atoms with Crippen LogP contribution in [0.5, 0.6) is 5.75 Å². The van der Waals surface area contributed by atoms with Crippen molar-refractivity contribution < 1.29 is 19.1 Å². The lowest BCUT2D eigenvalue weighted by Crippen LogP contribution is -2.39. The highest BCUT2D eigenvalue weighted by molar-refractivity contribution is 5.92. The van der Waals surface area contributed by atoms with Gasteiger partial charge in [0.25, 0.3) is 5.91 Å². The van der Waals surface area contributed by atoms with Crippen molar-refractivity contribution in [3.05, 3.63) is 54.9 Å². The number of aromatic nitrogens is 4. The second kappa shape index (κ2) is 14.8. The highest BCUT2D eigenvalue weighted by Crippen LogP contribution is 2.23. The maximum atomic E-state index is 13.4. The second-order valence-electron chi connectivity index (χ2n) is 11.4. The fourth-order valence-corrected chi connectivity index (χ4v) is 5.81. The summed E-state index contributed by atoms with van der Waals surface area (Å²) in [5.74, 6) is 1.66. The van der Waals surface area contributed by atoms with Gasteiger partial charge in [0, 0.05) is 83.3 Å². The molecule has 2 aliphatic rings. The maximum absolute atomic E-state index is 13.4. The van der Waals surface area contributed by atoms with Crippen LogP contribution in [0.4, 0.5) is 0 Å². The van der Waals surface area contributed by atoms with Gasteiger partial charge in [-0.3, -0.25) is 14.4 Å². The van der Waals surface area contributed by atoms with E-state index in [1.807, 2.05) is 52.2 Å². The third-order valence-corrected chi connectivity index (χ3v) is 8.20. The van der Waals surface area contributed by atoms with Crippen molar-refractivity contribution in [2.75, 3.05) is 45.9 Å².